The molecule has 1 aliphatic rings. The third kappa shape index (κ3) is 3.01. The Morgan fingerprint density at radius 2 is 2.00 bits per heavy atom. The van der Waals surface area contributed by atoms with Gasteiger partial charge in [-0.05, 0) is 24.5 Å². The van der Waals surface area contributed by atoms with Crippen molar-refractivity contribution in [1.29, 1.82) is 0 Å². The van der Waals surface area contributed by atoms with Crippen molar-refractivity contribution in [3.05, 3.63) is 62.2 Å². The second kappa shape index (κ2) is 5.92. The Morgan fingerprint density at radius 1 is 1.25 bits per heavy atom. The van der Waals surface area contributed by atoms with Crippen molar-refractivity contribution >= 4 is 15.9 Å². The van der Waals surface area contributed by atoms with Crippen molar-refractivity contribution in [2.24, 2.45) is 0 Å². The first kappa shape index (κ1) is 13.6. The summed E-state index contributed by atoms with van der Waals surface area (Å²) in [7, 11) is 0. The molecule has 1 heterocycles. The van der Waals surface area contributed by atoms with Crippen LogP contribution in [0.3, 0.4) is 0 Å². The van der Waals surface area contributed by atoms with Crippen molar-refractivity contribution in [2.45, 2.75) is 38.0 Å². The number of hydrogen-bond donors (Lipinski definition) is 1. The highest BCUT2D eigenvalue weighted by molar-refractivity contribution is 9.10. The van der Waals surface area contributed by atoms with Crippen molar-refractivity contribution in [2.75, 3.05) is 0 Å². The van der Waals surface area contributed by atoms with Gasteiger partial charge in [0.05, 0.1) is 5.69 Å². The number of benzene rings is 1. The van der Waals surface area contributed by atoms with Gasteiger partial charge in [0.15, 0.2) is 0 Å². The summed E-state index contributed by atoms with van der Waals surface area (Å²) in [5, 5.41) is 0. The summed E-state index contributed by atoms with van der Waals surface area (Å²) in [6, 6.07) is 9.71. The van der Waals surface area contributed by atoms with Gasteiger partial charge in [-0.15, -0.1) is 0 Å². The van der Waals surface area contributed by atoms with Gasteiger partial charge in [0, 0.05) is 22.9 Å². The lowest BCUT2D eigenvalue weighted by molar-refractivity contribution is 0.683. The molecule has 1 fully saturated rings. The fourth-order valence-corrected chi connectivity index (χ4v) is 3.29. The maximum absolute atomic E-state index is 11.8. The molecule has 2 aromatic rings. The quantitative estimate of drug-likeness (QED) is 0.929. The highest BCUT2D eigenvalue weighted by Gasteiger charge is 2.19. The topological polar surface area (TPSA) is 45.8 Å². The summed E-state index contributed by atoms with van der Waals surface area (Å²) < 4.78 is 1.05. The van der Waals surface area contributed by atoms with Crippen LogP contribution in [-0.2, 0) is 6.42 Å². The highest BCUT2D eigenvalue weighted by atomic mass is 79.9. The van der Waals surface area contributed by atoms with Crippen molar-refractivity contribution in [3.63, 3.8) is 0 Å². The normalized spacial score (nSPS) is 15.7. The minimum Gasteiger partial charge on any atom is -0.310 e. The molecule has 0 saturated heterocycles. The van der Waals surface area contributed by atoms with Crippen LogP contribution in [0.4, 0.5) is 0 Å². The Kier molecular flexibility index (Phi) is 4.01. The Bertz CT molecular complexity index is 660. The predicted octanol–water partition coefficient (Wildman–Crippen LogP) is 3.78. The van der Waals surface area contributed by atoms with Crippen LogP contribution < -0.4 is 5.56 Å². The summed E-state index contributed by atoms with van der Waals surface area (Å²) in [6.45, 7) is 0. The van der Waals surface area contributed by atoms with Crippen LogP contribution >= 0.6 is 15.9 Å². The molecule has 0 spiro atoms. The van der Waals surface area contributed by atoms with E-state index in [4.69, 9.17) is 0 Å². The van der Waals surface area contributed by atoms with E-state index in [0.29, 0.717) is 12.3 Å². The van der Waals surface area contributed by atoms with E-state index < -0.39 is 0 Å². The number of aromatic amines is 1. The molecule has 0 atom stereocenters. The molecule has 4 heteroatoms. The third-order valence-corrected chi connectivity index (χ3v) is 4.67. The Morgan fingerprint density at radius 3 is 2.75 bits per heavy atom. The number of nitrogens with zero attached hydrogens (tertiary/aromatic N) is 1. The lowest BCUT2D eigenvalue weighted by Gasteiger charge is -2.10. The molecule has 104 valence electrons. The van der Waals surface area contributed by atoms with E-state index in [1.54, 1.807) is 6.07 Å². The van der Waals surface area contributed by atoms with Gasteiger partial charge in [0.1, 0.15) is 5.82 Å². The monoisotopic (exact) mass is 332 g/mol. The second-order valence-electron chi connectivity index (χ2n) is 5.37. The van der Waals surface area contributed by atoms with Gasteiger partial charge in [-0.2, -0.15) is 0 Å². The Hall–Kier alpha value is -1.42. The van der Waals surface area contributed by atoms with Gasteiger partial charge in [0.25, 0.3) is 5.56 Å². The number of H-pyrrole nitrogens is 1. The van der Waals surface area contributed by atoms with Gasteiger partial charge in [0.2, 0.25) is 0 Å². The number of halogens is 1. The number of nitrogens with one attached hydrogen (secondary N) is 1. The van der Waals surface area contributed by atoms with E-state index in [0.717, 1.165) is 34.4 Å². The van der Waals surface area contributed by atoms with Crippen LogP contribution in [0.5, 0.6) is 0 Å². The Labute approximate surface area is 126 Å². The molecule has 0 bridgehead atoms. The van der Waals surface area contributed by atoms with Crippen LogP contribution in [0.25, 0.3) is 0 Å². The molecule has 3 nitrogen and oxygen atoms in total. The zero-order chi connectivity index (χ0) is 13.9. The van der Waals surface area contributed by atoms with Crippen LogP contribution in [0.2, 0.25) is 0 Å². The van der Waals surface area contributed by atoms with E-state index in [-0.39, 0.29) is 5.56 Å². The van der Waals surface area contributed by atoms with Crippen molar-refractivity contribution in [1.82, 2.24) is 9.97 Å². The fraction of sp³-hybridized carbons (Fsp3) is 0.375. The SMILES string of the molecule is O=c1cc(C2CCCC2)nc(Cc2ccccc2Br)[nH]1. The van der Waals surface area contributed by atoms with Crippen molar-refractivity contribution < 1.29 is 0 Å². The maximum atomic E-state index is 11.8. The summed E-state index contributed by atoms with van der Waals surface area (Å²) in [6.07, 6.45) is 5.46. The average molecular weight is 333 g/mol. The number of aromatic nitrogens is 2. The molecule has 1 aromatic carbocycles. The van der Waals surface area contributed by atoms with E-state index in [1.807, 2.05) is 24.3 Å². The largest absolute Gasteiger partial charge is 0.310 e. The molecule has 0 aliphatic heterocycles. The second-order valence-corrected chi connectivity index (χ2v) is 6.22. The fourth-order valence-electron chi connectivity index (χ4n) is 2.87. The van der Waals surface area contributed by atoms with Gasteiger partial charge in [-0.3, -0.25) is 4.79 Å². The zero-order valence-corrected chi connectivity index (χ0v) is 12.8. The smallest absolute Gasteiger partial charge is 0.251 e. The standard InChI is InChI=1S/C16H17BrN2O/c17-13-8-4-3-7-12(13)9-15-18-14(10-16(20)19-15)11-5-1-2-6-11/h3-4,7-8,10-11H,1-2,5-6,9H2,(H,18,19,20). The highest BCUT2D eigenvalue weighted by Crippen LogP contribution is 2.32. The van der Waals surface area contributed by atoms with Crippen LogP contribution in [0.15, 0.2) is 39.6 Å². The molecule has 0 radical (unpaired) electrons. The summed E-state index contributed by atoms with van der Waals surface area (Å²) in [4.78, 5) is 19.4. The maximum Gasteiger partial charge on any atom is 0.251 e. The van der Waals surface area contributed by atoms with E-state index >= 15 is 0 Å². The van der Waals surface area contributed by atoms with Gasteiger partial charge in [-0.25, -0.2) is 4.98 Å². The van der Waals surface area contributed by atoms with E-state index in [2.05, 4.69) is 25.9 Å². The first-order valence-corrected chi connectivity index (χ1v) is 7.85. The summed E-state index contributed by atoms with van der Waals surface area (Å²) in [5.74, 6) is 1.22. The minimum absolute atomic E-state index is 0.0380. The molecule has 20 heavy (non-hydrogen) atoms. The summed E-state index contributed by atoms with van der Waals surface area (Å²) in [5.41, 5.74) is 2.07. The van der Waals surface area contributed by atoms with Gasteiger partial charge < -0.3 is 4.98 Å². The Balaban J connectivity index is 1.90. The predicted molar refractivity (Wildman–Crippen MR) is 83.0 cm³/mol. The molecule has 1 N–H and O–H groups in total. The molecular formula is C16H17BrN2O. The van der Waals surface area contributed by atoms with Crippen LogP contribution in [0.1, 0.15) is 48.7 Å². The molecular weight excluding hydrogens is 316 g/mol. The first-order chi connectivity index (χ1) is 9.72. The third-order valence-electron chi connectivity index (χ3n) is 3.90. The number of hydrogen-bond acceptors (Lipinski definition) is 2. The molecule has 3 rings (SSSR count). The zero-order valence-electron chi connectivity index (χ0n) is 11.2. The van der Waals surface area contributed by atoms with Crippen molar-refractivity contribution in [3.8, 4) is 0 Å². The minimum atomic E-state index is -0.0380. The molecule has 1 aliphatic carbocycles. The van der Waals surface area contributed by atoms with Crippen LogP contribution in [0, 0.1) is 0 Å². The molecule has 1 aromatic heterocycles. The van der Waals surface area contributed by atoms with Gasteiger partial charge in [-0.1, -0.05) is 47.0 Å². The average Bonchev–Trinajstić information content (AvgIpc) is 2.95. The van der Waals surface area contributed by atoms with Gasteiger partial charge >= 0.3 is 0 Å². The molecule has 0 amide bonds. The molecule has 1 saturated carbocycles. The lowest BCUT2D eigenvalue weighted by atomic mass is 10.0. The lowest BCUT2D eigenvalue weighted by Crippen LogP contribution is -2.14. The van der Waals surface area contributed by atoms with E-state index in [1.165, 1.54) is 12.8 Å². The summed E-state index contributed by atoms with van der Waals surface area (Å²) >= 11 is 3.54. The first-order valence-electron chi connectivity index (χ1n) is 7.06. The molecule has 0 unspecified atom stereocenters. The number of rotatable bonds is 3. The van der Waals surface area contributed by atoms with Crippen LogP contribution in [-0.4, -0.2) is 9.97 Å². The van der Waals surface area contributed by atoms with E-state index in [9.17, 15) is 4.79 Å².